The molecule has 12 nitrogen and oxygen atoms in total. The van der Waals surface area contributed by atoms with Crippen LogP contribution in [-0.2, 0) is 29.8 Å². The molecule has 0 fully saturated rings. The monoisotopic (exact) mass is 513 g/mol. The molecule has 0 radical (unpaired) electrons. The number of benzene rings is 2. The molecule has 14 heteroatoms. The fraction of sp³-hybridized carbons (Fsp3) is 0.200. The number of hydrogen-bond donors (Lipinski definition) is 5. The number of hydrogen-bond acceptors (Lipinski definition) is 7. The van der Waals surface area contributed by atoms with Gasteiger partial charge in [-0.15, -0.1) is 0 Å². The Morgan fingerprint density at radius 2 is 1.35 bits per heavy atom. The normalized spacial score (nSPS) is 11.9. The highest BCUT2D eigenvalue weighted by Crippen LogP contribution is 2.26. The minimum atomic E-state index is -4.73. The van der Waals surface area contributed by atoms with E-state index < -0.39 is 42.0 Å². The van der Waals surface area contributed by atoms with Crippen molar-refractivity contribution < 1.29 is 40.3 Å². The average Bonchev–Trinajstić information content (AvgIpc) is 2.72. The second kappa shape index (κ2) is 11.2. The zero-order chi connectivity index (χ0) is 25.5. The van der Waals surface area contributed by atoms with Gasteiger partial charge in [0.1, 0.15) is 16.4 Å². The van der Waals surface area contributed by atoms with E-state index in [0.717, 1.165) is 12.1 Å². The lowest BCUT2D eigenvalue weighted by atomic mass is 10.1. The number of rotatable bonds is 9. The summed E-state index contributed by atoms with van der Waals surface area (Å²) in [6.45, 7) is 1.76. The Bertz CT molecular complexity index is 1220. The lowest BCUT2D eigenvalue weighted by Crippen LogP contribution is -2.28. The van der Waals surface area contributed by atoms with Crippen LogP contribution in [0.3, 0.4) is 0 Å². The maximum Gasteiger partial charge on any atom is 0.319 e. The van der Waals surface area contributed by atoms with E-state index in [9.17, 15) is 35.5 Å². The van der Waals surface area contributed by atoms with Crippen molar-refractivity contribution in [2.24, 2.45) is 0 Å². The standard InChI is InChI=1S/C20H23N3O9S2/c1-3-21-20(25)23-16-9-7-14(18(11-16)34(29,30)31)5-4-13-6-8-15(22-19(24)12-32-2)10-17(13)33(26,27)28/h4-11H,3,12H2,1-2H3,(H,22,24)(H2,21,23,25)(H,26,27,28)(H,29,30,31)/b5-4+. The summed E-state index contributed by atoms with van der Waals surface area (Å²) in [5.74, 6) is -0.550. The van der Waals surface area contributed by atoms with Crippen molar-refractivity contribution in [2.75, 3.05) is 30.9 Å². The van der Waals surface area contributed by atoms with E-state index in [-0.39, 0.29) is 29.1 Å². The Morgan fingerprint density at radius 3 is 1.76 bits per heavy atom. The number of urea groups is 1. The lowest BCUT2D eigenvalue weighted by Gasteiger charge is -2.10. The van der Waals surface area contributed by atoms with Gasteiger partial charge in [-0.3, -0.25) is 13.9 Å². The second-order valence-corrected chi connectivity index (χ2v) is 9.53. The molecule has 0 atom stereocenters. The van der Waals surface area contributed by atoms with Gasteiger partial charge in [0, 0.05) is 25.0 Å². The van der Waals surface area contributed by atoms with E-state index >= 15 is 0 Å². The average molecular weight is 514 g/mol. The molecule has 0 heterocycles. The van der Waals surface area contributed by atoms with Crippen molar-refractivity contribution in [1.29, 1.82) is 0 Å². The molecule has 0 unspecified atom stereocenters. The number of carbonyl (C=O) groups excluding carboxylic acids is 2. The summed E-state index contributed by atoms with van der Waals surface area (Å²) < 4.78 is 71.3. The van der Waals surface area contributed by atoms with E-state index in [1.54, 1.807) is 6.92 Å². The van der Waals surface area contributed by atoms with Crippen LogP contribution in [-0.4, -0.2) is 58.1 Å². The summed E-state index contributed by atoms with van der Waals surface area (Å²) in [6, 6.07) is 6.77. The molecule has 0 spiro atoms. The summed E-state index contributed by atoms with van der Waals surface area (Å²) >= 11 is 0. The van der Waals surface area contributed by atoms with Crippen LogP contribution in [0.15, 0.2) is 46.2 Å². The molecule has 2 aromatic carbocycles. The molecule has 184 valence electrons. The van der Waals surface area contributed by atoms with E-state index in [2.05, 4.69) is 20.7 Å². The Kier molecular flexibility index (Phi) is 8.89. The van der Waals surface area contributed by atoms with Gasteiger partial charge in [0.2, 0.25) is 5.91 Å². The molecule has 34 heavy (non-hydrogen) atoms. The van der Waals surface area contributed by atoms with Crippen LogP contribution >= 0.6 is 0 Å². The largest absolute Gasteiger partial charge is 0.375 e. The van der Waals surface area contributed by atoms with Crippen molar-refractivity contribution in [2.45, 2.75) is 16.7 Å². The molecular formula is C20H23N3O9S2. The first kappa shape index (κ1) is 26.9. The van der Waals surface area contributed by atoms with E-state index in [4.69, 9.17) is 0 Å². The number of ether oxygens (including phenoxy) is 1. The first-order chi connectivity index (χ1) is 15.8. The number of amides is 3. The second-order valence-electron chi connectivity index (χ2n) is 6.75. The molecule has 0 aromatic heterocycles. The summed E-state index contributed by atoms with van der Waals surface area (Å²) in [5, 5.41) is 7.28. The maximum absolute atomic E-state index is 11.9. The lowest BCUT2D eigenvalue weighted by molar-refractivity contribution is -0.119. The van der Waals surface area contributed by atoms with E-state index in [1.165, 1.54) is 43.5 Å². The summed E-state index contributed by atoms with van der Waals surface area (Å²) in [4.78, 5) is 22.2. The Labute approximate surface area is 196 Å². The summed E-state index contributed by atoms with van der Waals surface area (Å²) in [6.07, 6.45) is 2.40. The van der Waals surface area contributed by atoms with Crippen LogP contribution in [0.4, 0.5) is 16.2 Å². The van der Waals surface area contributed by atoms with Crippen LogP contribution in [0, 0.1) is 0 Å². The molecule has 3 amide bonds. The maximum atomic E-state index is 11.9. The van der Waals surface area contributed by atoms with Crippen molar-refractivity contribution in [3.63, 3.8) is 0 Å². The predicted molar refractivity (Wildman–Crippen MR) is 125 cm³/mol. The predicted octanol–water partition coefficient (Wildman–Crippen LogP) is 2.08. The van der Waals surface area contributed by atoms with Gasteiger partial charge in [-0.2, -0.15) is 16.8 Å². The van der Waals surface area contributed by atoms with Crippen molar-refractivity contribution >= 4 is 55.7 Å². The minimum Gasteiger partial charge on any atom is -0.375 e. The molecule has 0 bridgehead atoms. The molecule has 0 saturated carbocycles. The molecule has 0 saturated heterocycles. The number of carbonyl (C=O) groups is 2. The van der Waals surface area contributed by atoms with Gasteiger partial charge in [0.25, 0.3) is 20.2 Å². The number of nitrogens with one attached hydrogen (secondary N) is 3. The van der Waals surface area contributed by atoms with Gasteiger partial charge in [-0.25, -0.2) is 4.79 Å². The molecule has 0 aliphatic rings. The Hall–Kier alpha value is -3.30. The number of anilines is 2. The highest BCUT2D eigenvalue weighted by atomic mass is 32.2. The summed E-state index contributed by atoms with van der Waals surface area (Å²) in [7, 11) is -8.15. The van der Waals surface area contributed by atoms with Gasteiger partial charge in [-0.05, 0) is 42.3 Å². The van der Waals surface area contributed by atoms with Crippen LogP contribution < -0.4 is 16.0 Å². The van der Waals surface area contributed by atoms with E-state index in [1.807, 2.05) is 0 Å². The topological polar surface area (TPSA) is 188 Å². The molecular weight excluding hydrogens is 490 g/mol. The van der Waals surface area contributed by atoms with Gasteiger partial charge < -0.3 is 20.7 Å². The van der Waals surface area contributed by atoms with Crippen molar-refractivity contribution in [3.8, 4) is 0 Å². The Balaban J connectivity index is 2.47. The zero-order valence-corrected chi connectivity index (χ0v) is 19.7. The smallest absolute Gasteiger partial charge is 0.319 e. The van der Waals surface area contributed by atoms with Crippen molar-refractivity contribution in [3.05, 3.63) is 47.5 Å². The van der Waals surface area contributed by atoms with Crippen molar-refractivity contribution in [1.82, 2.24) is 5.32 Å². The quantitative estimate of drug-likeness (QED) is 0.247. The SMILES string of the molecule is CCNC(=O)Nc1ccc(/C=C/c2ccc(NC(=O)COC)cc2S(=O)(=O)O)c(S(=O)(=O)O)c1. The van der Waals surface area contributed by atoms with Gasteiger partial charge in [-0.1, -0.05) is 24.3 Å². The van der Waals surface area contributed by atoms with Gasteiger partial charge in [0.05, 0.1) is 0 Å². The zero-order valence-electron chi connectivity index (χ0n) is 18.1. The van der Waals surface area contributed by atoms with Crippen LogP contribution in [0.2, 0.25) is 0 Å². The molecule has 2 aromatic rings. The first-order valence-electron chi connectivity index (χ1n) is 9.60. The fourth-order valence-corrected chi connectivity index (χ4v) is 4.21. The Morgan fingerprint density at radius 1 is 0.882 bits per heavy atom. The van der Waals surface area contributed by atoms with Crippen LogP contribution in [0.1, 0.15) is 18.1 Å². The molecule has 0 aliphatic carbocycles. The first-order valence-corrected chi connectivity index (χ1v) is 12.5. The third-order valence-electron chi connectivity index (χ3n) is 4.18. The number of methoxy groups -OCH3 is 1. The molecule has 2 rings (SSSR count). The van der Waals surface area contributed by atoms with Crippen LogP contribution in [0.5, 0.6) is 0 Å². The highest BCUT2D eigenvalue weighted by Gasteiger charge is 2.18. The van der Waals surface area contributed by atoms with Gasteiger partial charge >= 0.3 is 6.03 Å². The minimum absolute atomic E-state index is 0.0253. The third-order valence-corrected chi connectivity index (χ3v) is 6.00. The summed E-state index contributed by atoms with van der Waals surface area (Å²) in [5.41, 5.74) is 0.109. The third kappa shape index (κ3) is 7.64. The van der Waals surface area contributed by atoms with Gasteiger partial charge in [0.15, 0.2) is 0 Å². The van der Waals surface area contributed by atoms with Crippen LogP contribution in [0.25, 0.3) is 12.2 Å². The molecule has 0 aliphatic heterocycles. The molecule has 5 N–H and O–H groups in total. The highest BCUT2D eigenvalue weighted by molar-refractivity contribution is 7.86. The fourth-order valence-electron chi connectivity index (χ4n) is 2.79. The van der Waals surface area contributed by atoms with E-state index in [0.29, 0.717) is 6.54 Å².